The van der Waals surface area contributed by atoms with E-state index in [1.807, 2.05) is 26.8 Å². The standard InChI is InChI=1S/C30H50N2O4S/c1-5-6-7-8-9-10-11-12-13-17-22-33-23-30-27(35-29(3,4)36-30)26(24(2)34-30)32-28(37)31-21-20-25-18-15-14-16-19-25/h14-16,18-19,24,26-27H,5-13,17,20-23H2,1-4H3,(H2,31,32,37)/t24-,26?,27+,30-/m0/s1. The highest BCUT2D eigenvalue weighted by Crippen LogP contribution is 2.45. The van der Waals surface area contributed by atoms with Gasteiger partial charge in [-0.3, -0.25) is 0 Å². The van der Waals surface area contributed by atoms with Gasteiger partial charge in [0.2, 0.25) is 5.79 Å². The molecule has 1 aromatic rings. The van der Waals surface area contributed by atoms with Crippen LogP contribution in [0.2, 0.25) is 0 Å². The molecule has 0 spiro atoms. The lowest BCUT2D eigenvalue weighted by Crippen LogP contribution is -2.53. The molecular weight excluding hydrogens is 484 g/mol. The zero-order chi connectivity index (χ0) is 26.6. The van der Waals surface area contributed by atoms with Crippen molar-refractivity contribution in [3.8, 4) is 0 Å². The highest BCUT2D eigenvalue weighted by Gasteiger charge is 2.64. The summed E-state index contributed by atoms with van der Waals surface area (Å²) in [6, 6.07) is 10.3. The lowest BCUT2D eigenvalue weighted by Gasteiger charge is -2.28. The summed E-state index contributed by atoms with van der Waals surface area (Å²) in [5.74, 6) is -1.66. The number of thiocarbonyl (C=S) groups is 1. The molecule has 6 nitrogen and oxygen atoms in total. The van der Waals surface area contributed by atoms with Gasteiger partial charge in [0.25, 0.3) is 0 Å². The van der Waals surface area contributed by atoms with E-state index < -0.39 is 11.6 Å². The summed E-state index contributed by atoms with van der Waals surface area (Å²) >= 11 is 5.60. The fraction of sp³-hybridized carbons (Fsp3) is 0.767. The number of fused-ring (bicyclic) bond motifs is 1. The molecule has 3 rings (SSSR count). The van der Waals surface area contributed by atoms with Crippen molar-refractivity contribution < 1.29 is 18.9 Å². The highest BCUT2D eigenvalue weighted by molar-refractivity contribution is 7.80. The van der Waals surface area contributed by atoms with Crippen LogP contribution in [0.15, 0.2) is 30.3 Å². The quantitative estimate of drug-likeness (QED) is 0.181. The van der Waals surface area contributed by atoms with Crippen LogP contribution in [0.1, 0.15) is 97.5 Å². The van der Waals surface area contributed by atoms with Crippen molar-refractivity contribution in [1.29, 1.82) is 0 Å². The summed E-state index contributed by atoms with van der Waals surface area (Å²) in [5, 5.41) is 7.36. The molecule has 2 saturated heterocycles. The predicted molar refractivity (Wildman–Crippen MR) is 154 cm³/mol. The summed E-state index contributed by atoms with van der Waals surface area (Å²) in [4.78, 5) is 0. The second-order valence-electron chi connectivity index (χ2n) is 11.1. The zero-order valence-corrected chi connectivity index (χ0v) is 24.4. The Kier molecular flexibility index (Phi) is 12.6. The van der Waals surface area contributed by atoms with E-state index in [0.717, 1.165) is 19.4 Å². The number of hydrogen-bond donors (Lipinski definition) is 2. The Morgan fingerprint density at radius 3 is 2.27 bits per heavy atom. The molecule has 1 aromatic carbocycles. The van der Waals surface area contributed by atoms with Gasteiger partial charge in [0.1, 0.15) is 12.7 Å². The summed E-state index contributed by atoms with van der Waals surface area (Å²) in [5.41, 5.74) is 1.28. The fourth-order valence-electron chi connectivity index (χ4n) is 5.38. The molecule has 0 aliphatic carbocycles. The Balaban J connectivity index is 1.37. The van der Waals surface area contributed by atoms with Gasteiger partial charge in [0.05, 0.1) is 12.1 Å². The third-order valence-corrected chi connectivity index (χ3v) is 7.53. The Morgan fingerprint density at radius 1 is 0.946 bits per heavy atom. The van der Waals surface area contributed by atoms with Crippen LogP contribution < -0.4 is 10.6 Å². The molecular formula is C30H50N2O4S. The Labute approximate surface area is 230 Å². The summed E-state index contributed by atoms with van der Waals surface area (Å²) in [6.07, 6.45) is 13.6. The molecule has 2 aliphatic heterocycles. The van der Waals surface area contributed by atoms with Crippen LogP contribution in [-0.4, -0.2) is 54.7 Å². The van der Waals surface area contributed by atoms with E-state index in [1.165, 1.54) is 63.4 Å². The molecule has 2 N–H and O–H groups in total. The molecule has 0 amide bonds. The van der Waals surface area contributed by atoms with Crippen LogP contribution in [-0.2, 0) is 25.4 Å². The van der Waals surface area contributed by atoms with E-state index in [-0.39, 0.29) is 18.2 Å². The first kappa shape index (κ1) is 30.3. The molecule has 2 fully saturated rings. The van der Waals surface area contributed by atoms with E-state index in [4.69, 9.17) is 31.2 Å². The number of unbranched alkanes of at least 4 members (excludes halogenated alkanes) is 9. The Hall–Kier alpha value is -1.25. The lowest BCUT2D eigenvalue weighted by atomic mass is 10.0. The molecule has 1 unspecified atom stereocenters. The van der Waals surface area contributed by atoms with Crippen molar-refractivity contribution in [2.75, 3.05) is 19.8 Å². The molecule has 2 aliphatic rings. The smallest absolute Gasteiger partial charge is 0.224 e. The molecule has 37 heavy (non-hydrogen) atoms. The maximum atomic E-state index is 6.37. The van der Waals surface area contributed by atoms with Gasteiger partial charge in [0, 0.05) is 13.2 Å². The molecule has 0 radical (unpaired) electrons. The largest absolute Gasteiger partial charge is 0.376 e. The zero-order valence-electron chi connectivity index (χ0n) is 23.6. The van der Waals surface area contributed by atoms with Crippen LogP contribution >= 0.6 is 12.2 Å². The second kappa shape index (κ2) is 15.4. The van der Waals surface area contributed by atoms with Gasteiger partial charge in [-0.2, -0.15) is 0 Å². The van der Waals surface area contributed by atoms with Crippen LogP contribution in [0.25, 0.3) is 0 Å². The van der Waals surface area contributed by atoms with Gasteiger partial charge >= 0.3 is 0 Å². The summed E-state index contributed by atoms with van der Waals surface area (Å²) in [6.45, 7) is 9.99. The first-order valence-electron chi connectivity index (χ1n) is 14.6. The minimum atomic E-state index is -0.918. The van der Waals surface area contributed by atoms with E-state index in [1.54, 1.807) is 0 Å². The lowest BCUT2D eigenvalue weighted by molar-refractivity contribution is -0.274. The van der Waals surface area contributed by atoms with Gasteiger partial charge in [-0.15, -0.1) is 0 Å². The third-order valence-electron chi connectivity index (χ3n) is 7.27. The SMILES string of the molecule is CCCCCCCCCCCCOC[C@@]12O[C@@H](C)C(NC(=S)NCCc3ccccc3)[C@H]1OC(C)(C)O2. The van der Waals surface area contributed by atoms with Crippen molar-refractivity contribution in [1.82, 2.24) is 10.6 Å². The second-order valence-corrected chi connectivity index (χ2v) is 11.5. The molecule has 4 atom stereocenters. The molecule has 0 saturated carbocycles. The van der Waals surface area contributed by atoms with Crippen LogP contribution in [0, 0.1) is 0 Å². The highest BCUT2D eigenvalue weighted by atomic mass is 32.1. The molecule has 2 heterocycles. The average molecular weight is 535 g/mol. The molecule has 210 valence electrons. The third kappa shape index (κ3) is 9.77. The number of ether oxygens (including phenoxy) is 4. The summed E-state index contributed by atoms with van der Waals surface area (Å²) in [7, 11) is 0. The van der Waals surface area contributed by atoms with Crippen molar-refractivity contribution in [2.45, 2.75) is 128 Å². The summed E-state index contributed by atoms with van der Waals surface area (Å²) < 4.78 is 25.1. The Bertz CT molecular complexity index is 793. The van der Waals surface area contributed by atoms with Gasteiger partial charge in [-0.1, -0.05) is 95.0 Å². The topological polar surface area (TPSA) is 61.0 Å². The van der Waals surface area contributed by atoms with Gasteiger partial charge < -0.3 is 29.6 Å². The average Bonchev–Trinajstić information content (AvgIpc) is 3.26. The van der Waals surface area contributed by atoms with Gasteiger partial charge in [-0.05, 0) is 51.4 Å². The van der Waals surface area contributed by atoms with Crippen LogP contribution in [0.4, 0.5) is 0 Å². The van der Waals surface area contributed by atoms with Crippen molar-refractivity contribution in [3.63, 3.8) is 0 Å². The number of hydrogen-bond acceptors (Lipinski definition) is 5. The van der Waals surface area contributed by atoms with Crippen molar-refractivity contribution in [2.24, 2.45) is 0 Å². The number of rotatable bonds is 17. The maximum Gasteiger partial charge on any atom is 0.224 e. The van der Waals surface area contributed by atoms with Crippen LogP contribution in [0.3, 0.4) is 0 Å². The van der Waals surface area contributed by atoms with Gasteiger partial charge in [0.15, 0.2) is 10.9 Å². The van der Waals surface area contributed by atoms with E-state index in [9.17, 15) is 0 Å². The number of nitrogens with one attached hydrogen (secondary N) is 2. The molecule has 7 heteroatoms. The number of benzene rings is 1. The minimum Gasteiger partial charge on any atom is -0.376 e. The predicted octanol–water partition coefficient (Wildman–Crippen LogP) is 6.27. The minimum absolute atomic E-state index is 0.126. The normalized spacial score (nSPS) is 26.2. The van der Waals surface area contributed by atoms with Gasteiger partial charge in [-0.25, -0.2) is 0 Å². The maximum absolute atomic E-state index is 6.37. The van der Waals surface area contributed by atoms with E-state index in [2.05, 4.69) is 41.8 Å². The first-order valence-corrected chi connectivity index (χ1v) is 15.0. The van der Waals surface area contributed by atoms with Crippen molar-refractivity contribution in [3.05, 3.63) is 35.9 Å². The monoisotopic (exact) mass is 534 g/mol. The van der Waals surface area contributed by atoms with Crippen molar-refractivity contribution >= 4 is 17.3 Å². The Morgan fingerprint density at radius 2 is 1.59 bits per heavy atom. The fourth-order valence-corrected chi connectivity index (χ4v) is 5.62. The molecule has 0 bridgehead atoms. The van der Waals surface area contributed by atoms with E-state index >= 15 is 0 Å². The van der Waals surface area contributed by atoms with Crippen LogP contribution in [0.5, 0.6) is 0 Å². The first-order chi connectivity index (χ1) is 17.9. The molecule has 0 aromatic heterocycles. The van der Waals surface area contributed by atoms with E-state index in [0.29, 0.717) is 18.3 Å².